The fraction of sp³-hybridized carbons (Fsp3) is 1.00. The van der Waals surface area contributed by atoms with Gasteiger partial charge >= 0.3 is 0 Å². The summed E-state index contributed by atoms with van der Waals surface area (Å²) in [5, 5.41) is 14.4. The van der Waals surface area contributed by atoms with E-state index in [1.54, 1.807) is 7.05 Å². The number of hydrogen-bond donors (Lipinski definition) is 4. The Hall–Kier alpha value is -0.160. The molecule has 0 aromatic rings. The van der Waals surface area contributed by atoms with Gasteiger partial charge in [0.2, 0.25) is 0 Å². The van der Waals surface area contributed by atoms with Gasteiger partial charge in [-0.15, -0.1) is 0 Å². The predicted molar refractivity (Wildman–Crippen MR) is 41.4 cm³/mol. The molecule has 10 heavy (non-hydrogen) atoms. The Balaban J connectivity index is 2.89. The highest BCUT2D eigenvalue weighted by Crippen LogP contribution is 1.82. The lowest BCUT2D eigenvalue weighted by Crippen LogP contribution is -2.40. The Morgan fingerprint density at radius 2 is 2.20 bits per heavy atom. The Morgan fingerprint density at radius 1 is 1.50 bits per heavy atom. The SMILES string of the molecule is CNC(O)NCCCCN. The average Bonchev–Trinajstić information content (AvgIpc) is 1.98. The molecule has 0 saturated heterocycles. The zero-order valence-corrected chi connectivity index (χ0v) is 6.43. The highest BCUT2D eigenvalue weighted by Gasteiger charge is 1.94. The van der Waals surface area contributed by atoms with Gasteiger partial charge < -0.3 is 10.8 Å². The zero-order valence-electron chi connectivity index (χ0n) is 6.43. The van der Waals surface area contributed by atoms with Crippen LogP contribution in [-0.2, 0) is 0 Å². The van der Waals surface area contributed by atoms with Crippen molar-refractivity contribution < 1.29 is 5.11 Å². The number of unbranched alkanes of at least 4 members (excludes halogenated alkanes) is 1. The molecule has 1 unspecified atom stereocenters. The van der Waals surface area contributed by atoms with Crippen molar-refractivity contribution >= 4 is 0 Å². The predicted octanol–water partition coefficient (Wildman–Crippen LogP) is -1.19. The molecule has 0 rings (SSSR count). The summed E-state index contributed by atoms with van der Waals surface area (Å²) >= 11 is 0. The summed E-state index contributed by atoms with van der Waals surface area (Å²) in [4.78, 5) is 0. The zero-order chi connectivity index (χ0) is 7.82. The Bertz CT molecular complexity index is 70.0. The van der Waals surface area contributed by atoms with Crippen molar-refractivity contribution in [2.75, 3.05) is 20.1 Å². The lowest BCUT2D eigenvalue weighted by atomic mass is 10.3. The van der Waals surface area contributed by atoms with E-state index in [1.807, 2.05) is 0 Å². The highest BCUT2D eigenvalue weighted by atomic mass is 16.3. The van der Waals surface area contributed by atoms with Gasteiger partial charge in [-0.2, -0.15) is 0 Å². The molecule has 0 aromatic carbocycles. The van der Waals surface area contributed by atoms with Crippen LogP contribution in [-0.4, -0.2) is 31.6 Å². The second-order valence-electron chi connectivity index (χ2n) is 2.14. The van der Waals surface area contributed by atoms with Gasteiger partial charge in [-0.3, -0.25) is 10.6 Å². The van der Waals surface area contributed by atoms with Crippen molar-refractivity contribution in [1.29, 1.82) is 0 Å². The molecule has 0 bridgehead atoms. The number of hydrogen-bond acceptors (Lipinski definition) is 4. The van der Waals surface area contributed by atoms with Crippen LogP contribution in [0.15, 0.2) is 0 Å². The minimum absolute atomic E-state index is 0.585. The van der Waals surface area contributed by atoms with Crippen LogP contribution in [0.2, 0.25) is 0 Å². The first-order chi connectivity index (χ1) is 4.81. The maximum Gasteiger partial charge on any atom is 0.160 e. The first-order valence-corrected chi connectivity index (χ1v) is 3.60. The lowest BCUT2D eigenvalue weighted by Gasteiger charge is -2.10. The fourth-order valence-corrected chi connectivity index (χ4v) is 0.610. The van der Waals surface area contributed by atoms with E-state index in [-0.39, 0.29) is 0 Å². The standard InChI is InChI=1S/C6H17N3O/c1-8-6(10)9-5-3-2-4-7/h6,8-10H,2-5,7H2,1H3. The van der Waals surface area contributed by atoms with Crippen LogP contribution < -0.4 is 16.4 Å². The molecular weight excluding hydrogens is 130 g/mol. The minimum atomic E-state index is -0.585. The van der Waals surface area contributed by atoms with Crippen LogP contribution in [0.5, 0.6) is 0 Å². The molecule has 0 fully saturated rings. The highest BCUT2D eigenvalue weighted by molar-refractivity contribution is 4.48. The van der Waals surface area contributed by atoms with Crippen LogP contribution in [0.25, 0.3) is 0 Å². The average molecular weight is 147 g/mol. The summed E-state index contributed by atoms with van der Waals surface area (Å²) in [5.41, 5.74) is 5.27. The monoisotopic (exact) mass is 147 g/mol. The molecule has 0 spiro atoms. The minimum Gasteiger partial charge on any atom is -0.365 e. The summed E-state index contributed by atoms with van der Waals surface area (Å²) in [7, 11) is 1.70. The number of rotatable bonds is 6. The molecule has 0 amide bonds. The van der Waals surface area contributed by atoms with Crippen LogP contribution in [0.1, 0.15) is 12.8 Å². The van der Waals surface area contributed by atoms with Crippen molar-refractivity contribution in [3.63, 3.8) is 0 Å². The topological polar surface area (TPSA) is 70.3 Å². The molecule has 5 N–H and O–H groups in total. The van der Waals surface area contributed by atoms with E-state index in [0.29, 0.717) is 0 Å². The van der Waals surface area contributed by atoms with Gasteiger partial charge in [0.05, 0.1) is 0 Å². The summed E-state index contributed by atoms with van der Waals surface area (Å²) in [6, 6.07) is 0. The number of nitrogens with one attached hydrogen (secondary N) is 2. The fourth-order valence-electron chi connectivity index (χ4n) is 0.610. The van der Waals surface area contributed by atoms with Gasteiger partial charge in [-0.1, -0.05) is 0 Å². The molecule has 0 heterocycles. The largest absolute Gasteiger partial charge is 0.365 e. The van der Waals surface area contributed by atoms with Gasteiger partial charge in [-0.25, -0.2) is 0 Å². The quantitative estimate of drug-likeness (QED) is 0.282. The Labute approximate surface area is 61.8 Å². The van der Waals surface area contributed by atoms with E-state index >= 15 is 0 Å². The third-order valence-corrected chi connectivity index (χ3v) is 1.24. The number of aliphatic hydroxyl groups is 1. The molecule has 0 aromatic heterocycles. The summed E-state index contributed by atoms with van der Waals surface area (Å²) in [5.74, 6) is 0. The Kier molecular flexibility index (Phi) is 6.84. The van der Waals surface area contributed by atoms with Crippen molar-refractivity contribution in [2.24, 2.45) is 5.73 Å². The van der Waals surface area contributed by atoms with Crippen LogP contribution in [0, 0.1) is 0 Å². The van der Waals surface area contributed by atoms with E-state index in [2.05, 4.69) is 10.6 Å². The van der Waals surface area contributed by atoms with E-state index in [9.17, 15) is 0 Å². The summed E-state index contributed by atoms with van der Waals surface area (Å²) < 4.78 is 0. The molecule has 4 nitrogen and oxygen atoms in total. The van der Waals surface area contributed by atoms with E-state index in [1.165, 1.54) is 0 Å². The van der Waals surface area contributed by atoms with E-state index < -0.39 is 6.35 Å². The van der Waals surface area contributed by atoms with Crippen molar-refractivity contribution in [2.45, 2.75) is 19.2 Å². The molecule has 0 aliphatic carbocycles. The molecule has 1 atom stereocenters. The van der Waals surface area contributed by atoms with Gasteiger partial charge in [0.25, 0.3) is 0 Å². The van der Waals surface area contributed by atoms with Gasteiger partial charge in [0.1, 0.15) is 0 Å². The number of aliphatic hydroxyl groups excluding tert-OH is 1. The molecule has 0 aliphatic rings. The summed E-state index contributed by atoms with van der Waals surface area (Å²) in [6.07, 6.45) is 1.43. The smallest absolute Gasteiger partial charge is 0.160 e. The third-order valence-electron chi connectivity index (χ3n) is 1.24. The van der Waals surface area contributed by atoms with Crippen molar-refractivity contribution in [1.82, 2.24) is 10.6 Å². The first kappa shape index (κ1) is 9.84. The van der Waals surface area contributed by atoms with E-state index in [4.69, 9.17) is 10.8 Å². The molecule has 4 heteroatoms. The number of nitrogens with two attached hydrogens (primary N) is 1. The van der Waals surface area contributed by atoms with Gasteiger partial charge in [0.15, 0.2) is 6.35 Å². The third kappa shape index (κ3) is 5.97. The second-order valence-corrected chi connectivity index (χ2v) is 2.14. The molecule has 0 radical (unpaired) electrons. The second kappa shape index (κ2) is 6.95. The van der Waals surface area contributed by atoms with Crippen LogP contribution in [0.3, 0.4) is 0 Å². The molecule has 62 valence electrons. The maximum absolute atomic E-state index is 8.90. The summed E-state index contributed by atoms with van der Waals surface area (Å²) in [6.45, 7) is 1.52. The maximum atomic E-state index is 8.90. The Morgan fingerprint density at radius 3 is 2.70 bits per heavy atom. The van der Waals surface area contributed by atoms with Crippen molar-refractivity contribution in [3.8, 4) is 0 Å². The molecule has 0 aliphatic heterocycles. The molecular formula is C6H17N3O. The lowest BCUT2D eigenvalue weighted by molar-refractivity contribution is 0.110. The van der Waals surface area contributed by atoms with Gasteiger partial charge in [-0.05, 0) is 33.0 Å². The van der Waals surface area contributed by atoms with Crippen molar-refractivity contribution in [3.05, 3.63) is 0 Å². The molecule has 0 saturated carbocycles. The first-order valence-electron chi connectivity index (χ1n) is 3.60. The normalized spacial score (nSPS) is 13.5. The van der Waals surface area contributed by atoms with Crippen LogP contribution in [0.4, 0.5) is 0 Å². The van der Waals surface area contributed by atoms with Gasteiger partial charge in [0, 0.05) is 0 Å². The van der Waals surface area contributed by atoms with Crippen LogP contribution >= 0.6 is 0 Å². The van der Waals surface area contributed by atoms with E-state index in [0.717, 1.165) is 25.9 Å².